The molecule has 1 amide bonds. The third-order valence-corrected chi connectivity index (χ3v) is 5.74. The molecular weight excluding hydrogens is 494 g/mol. The summed E-state index contributed by atoms with van der Waals surface area (Å²) in [5.41, 5.74) is 2.73. The molecule has 0 fully saturated rings. The molecule has 2 aromatic carbocycles. The fourth-order valence-electron chi connectivity index (χ4n) is 4.10. The van der Waals surface area contributed by atoms with Gasteiger partial charge in [0.15, 0.2) is 0 Å². The van der Waals surface area contributed by atoms with Gasteiger partial charge in [0.05, 0.1) is 42.9 Å². The van der Waals surface area contributed by atoms with Crippen molar-refractivity contribution in [1.29, 1.82) is 0 Å². The fourth-order valence-corrected chi connectivity index (χ4v) is 4.10. The molecule has 1 aromatic heterocycles. The molecule has 5 N–H and O–H groups in total. The summed E-state index contributed by atoms with van der Waals surface area (Å²) in [6.07, 6.45) is 0.612. The van der Waals surface area contributed by atoms with Crippen LogP contribution in [0.1, 0.15) is 6.42 Å². The van der Waals surface area contributed by atoms with Crippen LogP contribution in [-0.4, -0.2) is 106 Å². The standard InChI is InChI=1S/C26H31N5O7/c32-22(14-30(15-23(33)34)12-13-31(16-24(35)36)17-25(37)38)27-10-5-11-28-26-18-6-1-3-8-20(18)29-21-9-4-2-7-19(21)26/h1-4,6-9H,5,10-17H2,(H,27,32)(H,28,29)(H,33,34)(H,35,36)(H,37,38). The van der Waals surface area contributed by atoms with E-state index in [0.717, 1.165) is 32.4 Å². The number of nitrogens with zero attached hydrogens (tertiary/aromatic N) is 3. The highest BCUT2D eigenvalue weighted by Gasteiger charge is 2.18. The van der Waals surface area contributed by atoms with Gasteiger partial charge in [-0.2, -0.15) is 0 Å². The first-order valence-electron chi connectivity index (χ1n) is 12.1. The molecule has 0 bridgehead atoms. The minimum atomic E-state index is -1.20. The predicted octanol–water partition coefficient (Wildman–Crippen LogP) is 1.16. The topological polar surface area (TPSA) is 172 Å². The number of carbonyl (C=O) groups excluding carboxylic acids is 1. The first-order valence-corrected chi connectivity index (χ1v) is 12.1. The number of aromatic nitrogens is 1. The second-order valence-corrected chi connectivity index (χ2v) is 8.75. The van der Waals surface area contributed by atoms with E-state index in [0.29, 0.717) is 19.5 Å². The molecule has 0 atom stereocenters. The smallest absolute Gasteiger partial charge is 0.317 e. The first-order chi connectivity index (χ1) is 18.2. The van der Waals surface area contributed by atoms with Crippen LogP contribution in [0.4, 0.5) is 5.69 Å². The van der Waals surface area contributed by atoms with Gasteiger partial charge in [-0.15, -0.1) is 0 Å². The third-order valence-electron chi connectivity index (χ3n) is 5.74. The molecule has 0 aliphatic rings. The number of nitrogens with one attached hydrogen (secondary N) is 2. The van der Waals surface area contributed by atoms with Crippen molar-refractivity contribution in [2.45, 2.75) is 6.42 Å². The van der Waals surface area contributed by atoms with E-state index in [1.165, 1.54) is 4.90 Å². The summed E-state index contributed by atoms with van der Waals surface area (Å²) in [6, 6.07) is 15.7. The summed E-state index contributed by atoms with van der Waals surface area (Å²) in [7, 11) is 0. The van der Waals surface area contributed by atoms with E-state index in [1.807, 2.05) is 48.5 Å². The zero-order valence-electron chi connectivity index (χ0n) is 20.8. The highest BCUT2D eigenvalue weighted by Crippen LogP contribution is 2.30. The largest absolute Gasteiger partial charge is 0.480 e. The number of pyridine rings is 1. The first kappa shape index (κ1) is 28.3. The Morgan fingerprint density at radius 2 is 1.16 bits per heavy atom. The van der Waals surface area contributed by atoms with Gasteiger partial charge in [-0.3, -0.25) is 29.0 Å². The molecule has 0 spiro atoms. The third kappa shape index (κ3) is 8.68. The number of carbonyl (C=O) groups is 4. The molecule has 0 unspecified atom stereocenters. The molecule has 1 heterocycles. The van der Waals surface area contributed by atoms with E-state index >= 15 is 0 Å². The summed E-state index contributed by atoms with van der Waals surface area (Å²) in [5, 5.41) is 35.3. The maximum atomic E-state index is 12.4. The molecule has 0 saturated heterocycles. The van der Waals surface area contributed by atoms with E-state index in [-0.39, 0.29) is 25.5 Å². The van der Waals surface area contributed by atoms with Crippen LogP contribution in [0.2, 0.25) is 0 Å². The number of para-hydroxylation sites is 2. The summed E-state index contributed by atoms with van der Waals surface area (Å²) in [4.78, 5) is 52.8. The van der Waals surface area contributed by atoms with Crippen LogP contribution in [0.3, 0.4) is 0 Å². The predicted molar refractivity (Wildman–Crippen MR) is 141 cm³/mol. The number of carboxylic acids is 3. The van der Waals surface area contributed by atoms with Gasteiger partial charge in [0, 0.05) is 37.0 Å². The van der Waals surface area contributed by atoms with Crippen molar-refractivity contribution < 1.29 is 34.5 Å². The van der Waals surface area contributed by atoms with E-state index in [2.05, 4.69) is 10.6 Å². The Kier molecular flexibility index (Phi) is 10.3. The van der Waals surface area contributed by atoms with Crippen molar-refractivity contribution in [2.75, 3.05) is 57.7 Å². The van der Waals surface area contributed by atoms with Crippen molar-refractivity contribution in [3.63, 3.8) is 0 Å². The van der Waals surface area contributed by atoms with Gasteiger partial charge in [0.1, 0.15) is 0 Å². The maximum Gasteiger partial charge on any atom is 0.317 e. The van der Waals surface area contributed by atoms with Crippen molar-refractivity contribution in [2.24, 2.45) is 0 Å². The van der Waals surface area contributed by atoms with Crippen LogP contribution in [-0.2, 0) is 19.2 Å². The minimum absolute atomic E-state index is 0.0169. The number of hydrogen-bond acceptors (Lipinski definition) is 8. The lowest BCUT2D eigenvalue weighted by Crippen LogP contribution is -2.45. The summed E-state index contributed by atoms with van der Waals surface area (Å²) >= 11 is 0. The molecule has 3 rings (SSSR count). The average Bonchev–Trinajstić information content (AvgIpc) is 2.85. The fraction of sp³-hybridized carbons (Fsp3) is 0.346. The van der Waals surface area contributed by atoms with Gasteiger partial charge in [0.25, 0.3) is 0 Å². The molecule has 3 aromatic rings. The molecule has 202 valence electrons. The number of hydrogen-bond donors (Lipinski definition) is 5. The zero-order valence-corrected chi connectivity index (χ0v) is 20.8. The second kappa shape index (κ2) is 13.9. The summed E-state index contributed by atoms with van der Waals surface area (Å²) in [6.45, 7) is -0.726. The highest BCUT2D eigenvalue weighted by atomic mass is 16.4. The second-order valence-electron chi connectivity index (χ2n) is 8.75. The van der Waals surface area contributed by atoms with Crippen molar-refractivity contribution in [3.05, 3.63) is 48.5 Å². The molecule has 0 saturated carbocycles. The Morgan fingerprint density at radius 1 is 0.684 bits per heavy atom. The molecule has 0 aliphatic carbocycles. The van der Waals surface area contributed by atoms with E-state index in [9.17, 15) is 19.2 Å². The lowest BCUT2D eigenvalue weighted by molar-refractivity contribution is -0.143. The van der Waals surface area contributed by atoms with Crippen LogP contribution in [0.25, 0.3) is 21.8 Å². The number of anilines is 1. The molecule has 0 radical (unpaired) electrons. The van der Waals surface area contributed by atoms with Crippen LogP contribution >= 0.6 is 0 Å². The number of benzene rings is 2. The molecule has 12 heteroatoms. The number of fused-ring (bicyclic) bond motifs is 2. The van der Waals surface area contributed by atoms with Crippen molar-refractivity contribution in [1.82, 2.24) is 20.1 Å². The van der Waals surface area contributed by atoms with Gasteiger partial charge >= 0.3 is 17.9 Å². The lowest BCUT2D eigenvalue weighted by atomic mass is 10.1. The Hall–Kier alpha value is -4.29. The monoisotopic (exact) mass is 525 g/mol. The quantitative estimate of drug-likeness (QED) is 0.134. The zero-order chi connectivity index (χ0) is 27.5. The van der Waals surface area contributed by atoms with Crippen LogP contribution in [0, 0.1) is 0 Å². The normalized spacial score (nSPS) is 11.2. The van der Waals surface area contributed by atoms with Crippen LogP contribution < -0.4 is 10.6 Å². The number of amides is 1. The molecule has 12 nitrogen and oxygen atoms in total. The van der Waals surface area contributed by atoms with Gasteiger partial charge in [-0.05, 0) is 18.6 Å². The van der Waals surface area contributed by atoms with Crippen LogP contribution in [0.15, 0.2) is 48.5 Å². The van der Waals surface area contributed by atoms with Gasteiger partial charge < -0.3 is 26.0 Å². The lowest BCUT2D eigenvalue weighted by Gasteiger charge is -2.24. The Bertz CT molecular complexity index is 1230. The van der Waals surface area contributed by atoms with Gasteiger partial charge in [0.2, 0.25) is 5.91 Å². The van der Waals surface area contributed by atoms with Crippen molar-refractivity contribution in [3.8, 4) is 0 Å². The molecule has 38 heavy (non-hydrogen) atoms. The van der Waals surface area contributed by atoms with E-state index in [4.69, 9.17) is 20.3 Å². The SMILES string of the molecule is O=C(O)CN(CCN(CC(=O)O)CC(=O)NCCCNc1c2ccccc2nc2ccccc12)CC(=O)O. The van der Waals surface area contributed by atoms with E-state index < -0.39 is 37.5 Å². The van der Waals surface area contributed by atoms with Gasteiger partial charge in [-0.1, -0.05) is 36.4 Å². The Morgan fingerprint density at radius 3 is 1.66 bits per heavy atom. The average molecular weight is 526 g/mol. The molecular formula is C26H31N5O7. The molecule has 0 aliphatic heterocycles. The van der Waals surface area contributed by atoms with Crippen LogP contribution in [0.5, 0.6) is 0 Å². The van der Waals surface area contributed by atoms with E-state index in [1.54, 1.807) is 0 Å². The Labute approximate surface area is 218 Å². The minimum Gasteiger partial charge on any atom is -0.480 e. The highest BCUT2D eigenvalue weighted by molar-refractivity contribution is 6.07. The number of rotatable bonds is 16. The Balaban J connectivity index is 1.50. The summed E-state index contributed by atoms with van der Waals surface area (Å²) in [5.74, 6) is -3.93. The number of carboxylic acid groups (broad SMARTS) is 3. The van der Waals surface area contributed by atoms with Crippen molar-refractivity contribution >= 4 is 51.3 Å². The number of aliphatic carboxylic acids is 3. The van der Waals surface area contributed by atoms with Gasteiger partial charge in [-0.25, -0.2) is 4.98 Å². The maximum absolute atomic E-state index is 12.4. The summed E-state index contributed by atoms with van der Waals surface area (Å²) < 4.78 is 0.